The van der Waals surface area contributed by atoms with Gasteiger partial charge in [-0.2, -0.15) is 0 Å². The van der Waals surface area contributed by atoms with Crippen LogP contribution in [-0.2, 0) is 9.59 Å². The number of nitrogens with one attached hydrogen (secondary N) is 2. The average molecular weight is 571 g/mol. The molecule has 0 bridgehead atoms. The van der Waals surface area contributed by atoms with Crippen molar-refractivity contribution in [2.24, 2.45) is 0 Å². The minimum atomic E-state index is -0.570. The molecule has 0 spiro atoms. The maximum absolute atomic E-state index is 12.9. The highest BCUT2D eigenvalue weighted by Crippen LogP contribution is 2.37. The molecule has 1 heterocycles. The Labute approximate surface area is 221 Å². The maximum Gasteiger partial charge on any atom is 0.333 e. The van der Waals surface area contributed by atoms with Crippen LogP contribution < -0.4 is 25.0 Å². The summed E-state index contributed by atoms with van der Waals surface area (Å²) in [5.41, 5.74) is 2.81. The van der Waals surface area contributed by atoms with Crippen LogP contribution in [0.2, 0.25) is 5.02 Å². The fourth-order valence-electron chi connectivity index (χ4n) is 3.46. The van der Waals surface area contributed by atoms with Gasteiger partial charge >= 0.3 is 6.03 Å². The molecule has 184 valence electrons. The fraction of sp³-hybridized carbons (Fsp3) is 0.115. The largest absolute Gasteiger partial charge is 0.493 e. The Hall–Kier alpha value is -3.82. The summed E-state index contributed by atoms with van der Waals surface area (Å²) in [6.45, 7) is 1.72. The number of benzene rings is 3. The molecule has 3 aromatic rings. The van der Waals surface area contributed by atoms with Crippen molar-refractivity contribution in [3.63, 3.8) is 0 Å². The Kier molecular flexibility index (Phi) is 7.61. The van der Waals surface area contributed by atoms with Crippen LogP contribution in [0.3, 0.4) is 0 Å². The van der Waals surface area contributed by atoms with Gasteiger partial charge in [-0.15, -0.1) is 0 Å². The van der Waals surface area contributed by atoms with Crippen molar-refractivity contribution in [3.8, 4) is 11.5 Å². The normalized spacial score (nSPS) is 14.1. The first-order chi connectivity index (χ1) is 17.2. The Bertz CT molecular complexity index is 1360. The van der Waals surface area contributed by atoms with E-state index >= 15 is 0 Å². The van der Waals surface area contributed by atoms with E-state index in [0.717, 1.165) is 10.5 Å². The van der Waals surface area contributed by atoms with Crippen molar-refractivity contribution in [1.29, 1.82) is 0 Å². The maximum atomic E-state index is 12.9. The van der Waals surface area contributed by atoms with Crippen LogP contribution >= 0.6 is 27.5 Å². The van der Waals surface area contributed by atoms with E-state index in [2.05, 4.69) is 26.6 Å². The summed E-state index contributed by atoms with van der Waals surface area (Å²) in [6, 6.07) is 16.5. The number of aryl methyl sites for hydroxylation is 1. The predicted molar refractivity (Wildman–Crippen MR) is 141 cm³/mol. The SMILES string of the molecule is COc1cc(/C=C2/NC(=O)N(c3ccc(Cl)cc3)C2=O)cc(Br)c1OCC(=O)Nc1ccc(C)cc1. The minimum absolute atomic E-state index is 0.0926. The predicted octanol–water partition coefficient (Wildman–Crippen LogP) is 5.53. The summed E-state index contributed by atoms with van der Waals surface area (Å²) in [7, 11) is 1.46. The highest BCUT2D eigenvalue weighted by atomic mass is 79.9. The van der Waals surface area contributed by atoms with Gasteiger partial charge in [-0.05, 0) is 83.0 Å². The van der Waals surface area contributed by atoms with E-state index in [1.165, 1.54) is 13.2 Å². The first-order valence-electron chi connectivity index (χ1n) is 10.7. The topological polar surface area (TPSA) is 97.0 Å². The van der Waals surface area contributed by atoms with Gasteiger partial charge in [0, 0.05) is 10.7 Å². The highest BCUT2D eigenvalue weighted by molar-refractivity contribution is 9.10. The smallest absolute Gasteiger partial charge is 0.333 e. The van der Waals surface area contributed by atoms with Crippen LogP contribution in [0.15, 0.2) is 70.8 Å². The summed E-state index contributed by atoms with van der Waals surface area (Å²) >= 11 is 9.33. The molecule has 0 atom stereocenters. The van der Waals surface area contributed by atoms with Gasteiger partial charge in [-0.25, -0.2) is 9.69 Å². The number of amides is 4. The molecular weight excluding hydrogens is 550 g/mol. The van der Waals surface area contributed by atoms with Gasteiger partial charge in [-0.1, -0.05) is 29.3 Å². The summed E-state index contributed by atoms with van der Waals surface area (Å²) in [5.74, 6) is -0.181. The number of halogens is 2. The molecule has 1 fully saturated rings. The molecule has 0 saturated carbocycles. The molecule has 1 saturated heterocycles. The Balaban J connectivity index is 1.49. The Morgan fingerprint density at radius 2 is 1.81 bits per heavy atom. The number of urea groups is 1. The second kappa shape index (κ2) is 10.8. The molecule has 0 aliphatic carbocycles. The van der Waals surface area contributed by atoms with E-state index in [1.807, 2.05) is 31.2 Å². The van der Waals surface area contributed by atoms with Gasteiger partial charge in [-0.3, -0.25) is 9.59 Å². The monoisotopic (exact) mass is 569 g/mol. The minimum Gasteiger partial charge on any atom is -0.493 e. The standard InChI is InChI=1S/C26H21BrClN3O5/c1-15-3-7-18(8-4-15)29-23(32)14-36-24-20(27)11-16(13-22(24)35-2)12-21-25(33)31(26(34)30-21)19-9-5-17(28)6-10-19/h3-13H,14H2,1-2H3,(H,29,32)(H,30,34)/b21-12+. The zero-order chi connectivity index (χ0) is 25.8. The van der Waals surface area contributed by atoms with Crippen LogP contribution in [0.5, 0.6) is 11.5 Å². The molecule has 4 rings (SSSR count). The molecule has 36 heavy (non-hydrogen) atoms. The van der Waals surface area contributed by atoms with Crippen molar-refractivity contribution in [3.05, 3.63) is 87.0 Å². The molecule has 1 aliphatic heterocycles. The van der Waals surface area contributed by atoms with Crippen molar-refractivity contribution in [1.82, 2.24) is 5.32 Å². The second-order valence-corrected chi connectivity index (χ2v) is 9.13. The third-order valence-corrected chi connectivity index (χ3v) is 6.05. The van der Waals surface area contributed by atoms with Gasteiger partial charge in [0.05, 0.1) is 17.3 Å². The number of imide groups is 1. The number of hydrogen-bond acceptors (Lipinski definition) is 5. The van der Waals surface area contributed by atoms with Crippen molar-refractivity contribution in [2.75, 3.05) is 23.9 Å². The van der Waals surface area contributed by atoms with Crippen molar-refractivity contribution < 1.29 is 23.9 Å². The number of ether oxygens (including phenoxy) is 2. The molecule has 4 amide bonds. The third kappa shape index (κ3) is 5.69. The van der Waals surface area contributed by atoms with E-state index < -0.39 is 11.9 Å². The Morgan fingerprint density at radius 3 is 2.47 bits per heavy atom. The van der Waals surface area contributed by atoms with Crippen LogP contribution in [-0.4, -0.2) is 31.6 Å². The molecule has 8 nitrogen and oxygen atoms in total. The molecule has 10 heteroatoms. The lowest BCUT2D eigenvalue weighted by Gasteiger charge is -2.14. The van der Waals surface area contributed by atoms with Crippen LogP contribution in [0.1, 0.15) is 11.1 Å². The van der Waals surface area contributed by atoms with Gasteiger partial charge < -0.3 is 20.1 Å². The fourth-order valence-corrected chi connectivity index (χ4v) is 4.16. The molecule has 0 unspecified atom stereocenters. The highest BCUT2D eigenvalue weighted by Gasteiger charge is 2.34. The zero-order valence-corrected chi connectivity index (χ0v) is 21.6. The first kappa shape index (κ1) is 25.3. The summed E-state index contributed by atoms with van der Waals surface area (Å²) < 4.78 is 11.6. The number of rotatable bonds is 7. The van der Waals surface area contributed by atoms with E-state index in [-0.39, 0.29) is 18.2 Å². The molecule has 0 radical (unpaired) electrons. The van der Waals surface area contributed by atoms with Crippen LogP contribution in [0.25, 0.3) is 6.08 Å². The molecular formula is C26H21BrClN3O5. The molecule has 2 N–H and O–H groups in total. The number of carbonyl (C=O) groups excluding carboxylic acids is 3. The first-order valence-corrected chi connectivity index (χ1v) is 11.9. The lowest BCUT2D eigenvalue weighted by atomic mass is 10.1. The Morgan fingerprint density at radius 1 is 1.11 bits per heavy atom. The van der Waals surface area contributed by atoms with Crippen LogP contribution in [0.4, 0.5) is 16.2 Å². The van der Waals surface area contributed by atoms with Gasteiger partial charge in [0.2, 0.25) is 0 Å². The quantitative estimate of drug-likeness (QED) is 0.287. The second-order valence-electron chi connectivity index (χ2n) is 7.84. The number of hydrogen-bond donors (Lipinski definition) is 2. The van der Waals surface area contributed by atoms with Gasteiger partial charge in [0.1, 0.15) is 5.70 Å². The third-order valence-electron chi connectivity index (χ3n) is 5.21. The van der Waals surface area contributed by atoms with E-state index in [0.29, 0.717) is 37.9 Å². The van der Waals surface area contributed by atoms with Gasteiger partial charge in [0.15, 0.2) is 18.1 Å². The number of carbonyl (C=O) groups is 3. The number of nitrogens with zero attached hydrogens (tertiary/aromatic N) is 1. The lowest BCUT2D eigenvalue weighted by molar-refractivity contribution is -0.118. The van der Waals surface area contributed by atoms with E-state index in [4.69, 9.17) is 21.1 Å². The van der Waals surface area contributed by atoms with Crippen LogP contribution in [0, 0.1) is 6.92 Å². The molecule has 3 aromatic carbocycles. The number of anilines is 2. The molecule has 0 aromatic heterocycles. The number of methoxy groups -OCH3 is 1. The van der Waals surface area contributed by atoms with E-state index in [9.17, 15) is 14.4 Å². The van der Waals surface area contributed by atoms with Gasteiger partial charge in [0.25, 0.3) is 11.8 Å². The molecule has 1 aliphatic rings. The van der Waals surface area contributed by atoms with Crippen molar-refractivity contribution >= 4 is 62.8 Å². The van der Waals surface area contributed by atoms with Crippen molar-refractivity contribution in [2.45, 2.75) is 6.92 Å². The summed E-state index contributed by atoms with van der Waals surface area (Å²) in [5, 5.41) is 5.84. The lowest BCUT2D eigenvalue weighted by Crippen LogP contribution is -2.30. The zero-order valence-electron chi connectivity index (χ0n) is 19.3. The summed E-state index contributed by atoms with van der Waals surface area (Å²) in [6.07, 6.45) is 1.53. The average Bonchev–Trinajstić information content (AvgIpc) is 3.12. The summed E-state index contributed by atoms with van der Waals surface area (Å²) in [4.78, 5) is 38.7. The van der Waals surface area contributed by atoms with E-state index in [1.54, 1.807) is 36.4 Å².